The molecule has 1 aromatic rings. The van der Waals surface area contributed by atoms with Gasteiger partial charge in [-0.05, 0) is 30.9 Å². The maximum absolute atomic E-state index is 11.6. The summed E-state index contributed by atoms with van der Waals surface area (Å²) in [6, 6.07) is 7.99. The van der Waals surface area contributed by atoms with E-state index in [4.69, 9.17) is 0 Å². The number of hydrogen-bond acceptors (Lipinski definition) is 3. The zero-order valence-corrected chi connectivity index (χ0v) is 12.3. The lowest BCUT2D eigenvalue weighted by atomic mass is 10.1. The van der Waals surface area contributed by atoms with E-state index >= 15 is 0 Å². The van der Waals surface area contributed by atoms with Crippen molar-refractivity contribution >= 4 is 23.6 Å². The lowest BCUT2D eigenvalue weighted by molar-refractivity contribution is -0.126. The molecule has 0 bridgehead atoms. The van der Waals surface area contributed by atoms with Crippen LogP contribution in [0.5, 0.6) is 0 Å². The second-order valence-corrected chi connectivity index (χ2v) is 5.07. The molecule has 0 aliphatic rings. The van der Waals surface area contributed by atoms with Gasteiger partial charge in [-0.1, -0.05) is 19.1 Å². The third kappa shape index (κ3) is 5.34. The van der Waals surface area contributed by atoms with Crippen LogP contribution in [0.15, 0.2) is 29.2 Å². The molecule has 0 spiro atoms. The van der Waals surface area contributed by atoms with Crippen LogP contribution in [0.2, 0.25) is 0 Å². The molecule has 0 radical (unpaired) electrons. The van der Waals surface area contributed by atoms with E-state index in [2.05, 4.69) is 10.6 Å². The third-order valence-corrected chi connectivity index (χ3v) is 3.50. The standard InChI is InChI=1S/C14H20N2O2S/c1-4-13(17)15-9-14(18)16-10(2)11-5-7-12(19-3)8-6-11/h5-8,10H,4,9H2,1-3H3,(H,15,17)(H,16,18). The fourth-order valence-corrected chi connectivity index (χ4v) is 1.98. The third-order valence-electron chi connectivity index (χ3n) is 2.76. The van der Waals surface area contributed by atoms with Gasteiger partial charge in [0.05, 0.1) is 12.6 Å². The molecule has 104 valence electrons. The van der Waals surface area contributed by atoms with Gasteiger partial charge in [0.25, 0.3) is 0 Å². The minimum Gasteiger partial charge on any atom is -0.348 e. The first-order valence-corrected chi connectivity index (χ1v) is 7.49. The van der Waals surface area contributed by atoms with Crippen molar-refractivity contribution in [3.8, 4) is 0 Å². The highest BCUT2D eigenvalue weighted by Gasteiger charge is 2.10. The van der Waals surface area contributed by atoms with E-state index in [1.54, 1.807) is 18.7 Å². The number of hydrogen-bond donors (Lipinski definition) is 2. The van der Waals surface area contributed by atoms with Crippen LogP contribution in [-0.4, -0.2) is 24.6 Å². The minimum absolute atomic E-state index is 0.0277. The van der Waals surface area contributed by atoms with Crippen molar-refractivity contribution < 1.29 is 9.59 Å². The van der Waals surface area contributed by atoms with E-state index in [1.165, 1.54) is 4.90 Å². The summed E-state index contributed by atoms with van der Waals surface area (Å²) in [5.41, 5.74) is 1.05. The zero-order chi connectivity index (χ0) is 14.3. The molecule has 5 heteroatoms. The van der Waals surface area contributed by atoms with Gasteiger partial charge in [0, 0.05) is 11.3 Å². The molecule has 4 nitrogen and oxygen atoms in total. The Kier molecular flexibility index (Phi) is 6.42. The smallest absolute Gasteiger partial charge is 0.239 e. The number of nitrogens with one attached hydrogen (secondary N) is 2. The first-order chi connectivity index (χ1) is 9.06. The van der Waals surface area contributed by atoms with Crippen molar-refractivity contribution in [1.82, 2.24) is 10.6 Å². The van der Waals surface area contributed by atoms with Gasteiger partial charge >= 0.3 is 0 Å². The Bertz CT molecular complexity index is 432. The highest BCUT2D eigenvalue weighted by Crippen LogP contribution is 2.18. The minimum atomic E-state index is -0.178. The predicted octanol–water partition coefficient (Wildman–Crippen LogP) is 2.11. The number of benzene rings is 1. The van der Waals surface area contributed by atoms with Crippen molar-refractivity contribution in [3.05, 3.63) is 29.8 Å². The monoisotopic (exact) mass is 280 g/mol. The molecule has 2 N–H and O–H groups in total. The van der Waals surface area contributed by atoms with Crippen LogP contribution < -0.4 is 10.6 Å². The first-order valence-electron chi connectivity index (χ1n) is 6.26. The van der Waals surface area contributed by atoms with Crippen molar-refractivity contribution in [2.24, 2.45) is 0 Å². The Balaban J connectivity index is 2.46. The Morgan fingerprint density at radius 1 is 1.21 bits per heavy atom. The van der Waals surface area contributed by atoms with Gasteiger partial charge in [-0.25, -0.2) is 0 Å². The Labute approximate surface area is 118 Å². The molecule has 0 saturated heterocycles. The molecular formula is C14H20N2O2S. The normalized spacial score (nSPS) is 11.7. The number of carbonyl (C=O) groups excluding carboxylic acids is 2. The van der Waals surface area contributed by atoms with Gasteiger partial charge in [0.1, 0.15) is 0 Å². The van der Waals surface area contributed by atoms with Crippen LogP contribution in [0, 0.1) is 0 Å². The van der Waals surface area contributed by atoms with Gasteiger partial charge in [0.2, 0.25) is 11.8 Å². The lowest BCUT2D eigenvalue weighted by Gasteiger charge is -2.15. The molecule has 0 heterocycles. The first kappa shape index (κ1) is 15.6. The highest BCUT2D eigenvalue weighted by atomic mass is 32.2. The molecule has 1 atom stereocenters. The van der Waals surface area contributed by atoms with E-state index in [0.717, 1.165) is 5.56 Å². The van der Waals surface area contributed by atoms with Gasteiger partial charge in [-0.2, -0.15) is 0 Å². The number of rotatable bonds is 6. The van der Waals surface area contributed by atoms with E-state index in [-0.39, 0.29) is 24.4 Å². The summed E-state index contributed by atoms with van der Waals surface area (Å²) in [6.07, 6.45) is 2.41. The molecule has 0 fully saturated rings. The Hall–Kier alpha value is -1.49. The summed E-state index contributed by atoms with van der Waals surface area (Å²) in [6.45, 7) is 3.71. The molecule has 19 heavy (non-hydrogen) atoms. The average molecular weight is 280 g/mol. The van der Waals surface area contributed by atoms with Gasteiger partial charge < -0.3 is 10.6 Å². The fourth-order valence-electron chi connectivity index (χ4n) is 1.57. The van der Waals surface area contributed by atoms with Crippen LogP contribution in [0.1, 0.15) is 31.9 Å². The molecule has 0 aliphatic carbocycles. The summed E-state index contributed by atoms with van der Waals surface area (Å²) < 4.78 is 0. The summed E-state index contributed by atoms with van der Waals surface area (Å²) in [5, 5.41) is 5.41. The van der Waals surface area contributed by atoms with Crippen molar-refractivity contribution in [2.45, 2.75) is 31.2 Å². The zero-order valence-electron chi connectivity index (χ0n) is 11.5. The van der Waals surface area contributed by atoms with Crippen LogP contribution >= 0.6 is 11.8 Å². The number of thioether (sulfide) groups is 1. The highest BCUT2D eigenvalue weighted by molar-refractivity contribution is 7.98. The van der Waals surface area contributed by atoms with Crippen molar-refractivity contribution in [1.29, 1.82) is 0 Å². The fraction of sp³-hybridized carbons (Fsp3) is 0.429. The maximum Gasteiger partial charge on any atom is 0.239 e. The SMILES string of the molecule is CCC(=O)NCC(=O)NC(C)c1ccc(SC)cc1. The van der Waals surface area contributed by atoms with Crippen LogP contribution in [0.3, 0.4) is 0 Å². The Morgan fingerprint density at radius 3 is 2.37 bits per heavy atom. The van der Waals surface area contributed by atoms with Gasteiger partial charge in [-0.3, -0.25) is 9.59 Å². The summed E-state index contributed by atoms with van der Waals surface area (Å²) in [4.78, 5) is 23.9. The molecule has 1 unspecified atom stereocenters. The van der Waals surface area contributed by atoms with Crippen LogP contribution in [0.25, 0.3) is 0 Å². The molecule has 1 rings (SSSR count). The van der Waals surface area contributed by atoms with Gasteiger partial charge in [0.15, 0.2) is 0 Å². The molecule has 0 saturated carbocycles. The molecular weight excluding hydrogens is 260 g/mol. The molecule has 0 aliphatic heterocycles. The van der Waals surface area contributed by atoms with E-state index in [9.17, 15) is 9.59 Å². The van der Waals surface area contributed by atoms with E-state index in [1.807, 2.05) is 37.4 Å². The van der Waals surface area contributed by atoms with Crippen molar-refractivity contribution in [3.63, 3.8) is 0 Å². The summed E-state index contributed by atoms with van der Waals surface area (Å²) >= 11 is 1.68. The molecule has 2 amide bonds. The second kappa shape index (κ2) is 7.84. The summed E-state index contributed by atoms with van der Waals surface area (Å²) in [5.74, 6) is -0.296. The molecule has 0 aromatic heterocycles. The van der Waals surface area contributed by atoms with E-state index < -0.39 is 0 Å². The predicted molar refractivity (Wildman–Crippen MR) is 78.1 cm³/mol. The number of carbonyl (C=O) groups is 2. The lowest BCUT2D eigenvalue weighted by Crippen LogP contribution is -2.37. The maximum atomic E-state index is 11.6. The largest absolute Gasteiger partial charge is 0.348 e. The quantitative estimate of drug-likeness (QED) is 0.785. The Morgan fingerprint density at radius 2 is 1.84 bits per heavy atom. The van der Waals surface area contributed by atoms with Crippen LogP contribution in [-0.2, 0) is 9.59 Å². The summed E-state index contributed by atoms with van der Waals surface area (Å²) in [7, 11) is 0. The second-order valence-electron chi connectivity index (χ2n) is 4.19. The van der Waals surface area contributed by atoms with E-state index in [0.29, 0.717) is 6.42 Å². The molecule has 1 aromatic carbocycles. The van der Waals surface area contributed by atoms with Crippen molar-refractivity contribution in [2.75, 3.05) is 12.8 Å². The van der Waals surface area contributed by atoms with Gasteiger partial charge in [-0.15, -0.1) is 11.8 Å². The average Bonchev–Trinajstić information content (AvgIpc) is 2.44. The topological polar surface area (TPSA) is 58.2 Å². The number of amides is 2. The van der Waals surface area contributed by atoms with Crippen LogP contribution in [0.4, 0.5) is 0 Å².